The van der Waals surface area contributed by atoms with E-state index in [1.165, 1.54) is 4.90 Å². The molecule has 1 amide bonds. The molecule has 0 spiro atoms. The van der Waals surface area contributed by atoms with Crippen LogP contribution >= 0.6 is 11.3 Å². The first-order chi connectivity index (χ1) is 11.1. The summed E-state index contributed by atoms with van der Waals surface area (Å²) in [5.74, 6) is -1.13. The number of thiazole rings is 1. The molecule has 0 bridgehead atoms. The second-order valence-electron chi connectivity index (χ2n) is 5.68. The first-order valence-corrected chi connectivity index (χ1v) is 8.50. The maximum absolute atomic E-state index is 12.6. The Morgan fingerprint density at radius 1 is 1.26 bits per heavy atom. The maximum Gasteiger partial charge on any atom is 0.326 e. The molecule has 1 fully saturated rings. The molecule has 1 N–H and O–H groups in total. The lowest BCUT2D eigenvalue weighted by atomic mass is 10.0. The van der Waals surface area contributed by atoms with Gasteiger partial charge in [-0.2, -0.15) is 0 Å². The fourth-order valence-corrected chi connectivity index (χ4v) is 3.50. The topological polar surface area (TPSA) is 70.5 Å². The normalized spacial score (nSPS) is 18.0. The predicted octanol–water partition coefficient (Wildman–Crippen LogP) is 3.20. The number of likely N-dealkylation sites (tertiary alicyclic amines) is 1. The number of benzene rings is 1. The van der Waals surface area contributed by atoms with E-state index in [1.807, 2.05) is 24.4 Å². The Hall–Kier alpha value is -2.21. The monoisotopic (exact) mass is 330 g/mol. The number of aryl methyl sites for hydroxylation is 1. The highest BCUT2D eigenvalue weighted by Gasteiger charge is 2.32. The molecule has 1 unspecified atom stereocenters. The third-order valence-electron chi connectivity index (χ3n) is 4.10. The van der Waals surface area contributed by atoms with Crippen LogP contribution in [0.3, 0.4) is 0 Å². The summed E-state index contributed by atoms with van der Waals surface area (Å²) in [5, 5.41) is 12.3. The summed E-state index contributed by atoms with van der Waals surface area (Å²) in [5.41, 5.74) is 2.38. The quantitative estimate of drug-likeness (QED) is 0.938. The summed E-state index contributed by atoms with van der Waals surface area (Å²) in [7, 11) is 0. The Kier molecular flexibility index (Phi) is 4.43. The van der Waals surface area contributed by atoms with Gasteiger partial charge < -0.3 is 10.0 Å². The van der Waals surface area contributed by atoms with E-state index in [-0.39, 0.29) is 5.91 Å². The third kappa shape index (κ3) is 3.27. The molecule has 1 atom stereocenters. The van der Waals surface area contributed by atoms with Gasteiger partial charge in [-0.25, -0.2) is 9.78 Å². The first kappa shape index (κ1) is 15.7. The van der Waals surface area contributed by atoms with Crippen molar-refractivity contribution in [3.8, 4) is 11.3 Å². The van der Waals surface area contributed by atoms with Gasteiger partial charge in [0, 0.05) is 23.1 Å². The molecule has 3 rings (SSSR count). The van der Waals surface area contributed by atoms with Gasteiger partial charge >= 0.3 is 5.97 Å². The zero-order valence-corrected chi connectivity index (χ0v) is 13.7. The molecular weight excluding hydrogens is 312 g/mol. The minimum atomic E-state index is -0.924. The average Bonchev–Trinajstić information content (AvgIpc) is 3.01. The van der Waals surface area contributed by atoms with E-state index in [0.717, 1.165) is 29.1 Å². The Bertz CT molecular complexity index is 724. The van der Waals surface area contributed by atoms with Gasteiger partial charge in [-0.15, -0.1) is 11.3 Å². The van der Waals surface area contributed by atoms with Crippen molar-refractivity contribution in [2.75, 3.05) is 6.54 Å². The van der Waals surface area contributed by atoms with Crippen LogP contribution in [0.5, 0.6) is 0 Å². The van der Waals surface area contributed by atoms with Crippen molar-refractivity contribution in [3.63, 3.8) is 0 Å². The Labute approximate surface area is 138 Å². The number of hydrogen-bond donors (Lipinski definition) is 1. The van der Waals surface area contributed by atoms with E-state index in [1.54, 1.807) is 23.5 Å². The van der Waals surface area contributed by atoms with Crippen LogP contribution in [0.4, 0.5) is 0 Å². The van der Waals surface area contributed by atoms with Crippen molar-refractivity contribution >= 4 is 23.2 Å². The van der Waals surface area contributed by atoms with Gasteiger partial charge in [0.15, 0.2) is 0 Å². The summed E-state index contributed by atoms with van der Waals surface area (Å²) in [4.78, 5) is 29.9. The SMILES string of the molecule is Cc1nc(-c2ccc(C(=O)N3CCCCC3C(=O)O)cc2)cs1. The van der Waals surface area contributed by atoms with Crippen LogP contribution < -0.4 is 0 Å². The lowest BCUT2D eigenvalue weighted by Crippen LogP contribution is -2.47. The van der Waals surface area contributed by atoms with Crippen LogP contribution in [-0.4, -0.2) is 39.5 Å². The number of nitrogens with zero attached hydrogens (tertiary/aromatic N) is 2. The lowest BCUT2D eigenvalue weighted by molar-refractivity contribution is -0.143. The van der Waals surface area contributed by atoms with E-state index < -0.39 is 12.0 Å². The molecule has 2 heterocycles. The summed E-state index contributed by atoms with van der Waals surface area (Å²) in [6, 6.07) is 6.51. The molecule has 5 nitrogen and oxygen atoms in total. The van der Waals surface area contributed by atoms with Gasteiger partial charge in [0.1, 0.15) is 6.04 Å². The number of carboxylic acids is 1. The fraction of sp³-hybridized carbons (Fsp3) is 0.353. The molecule has 0 radical (unpaired) electrons. The number of aromatic nitrogens is 1. The maximum atomic E-state index is 12.6. The Morgan fingerprint density at radius 3 is 2.61 bits per heavy atom. The number of aliphatic carboxylic acids is 1. The Balaban J connectivity index is 1.80. The lowest BCUT2D eigenvalue weighted by Gasteiger charge is -2.33. The van der Waals surface area contributed by atoms with Crippen LogP contribution in [-0.2, 0) is 4.79 Å². The summed E-state index contributed by atoms with van der Waals surface area (Å²) < 4.78 is 0. The van der Waals surface area contributed by atoms with Crippen molar-refractivity contribution in [2.45, 2.75) is 32.2 Å². The largest absolute Gasteiger partial charge is 0.480 e. The van der Waals surface area contributed by atoms with Gasteiger partial charge in [-0.1, -0.05) is 12.1 Å². The van der Waals surface area contributed by atoms with E-state index in [2.05, 4.69) is 4.98 Å². The number of carbonyl (C=O) groups excluding carboxylic acids is 1. The number of rotatable bonds is 3. The molecule has 0 saturated carbocycles. The van der Waals surface area contributed by atoms with Crippen LogP contribution in [0.2, 0.25) is 0 Å². The van der Waals surface area contributed by atoms with E-state index in [0.29, 0.717) is 18.5 Å². The second kappa shape index (κ2) is 6.50. The zero-order valence-electron chi connectivity index (χ0n) is 12.9. The van der Waals surface area contributed by atoms with Gasteiger partial charge in [0.05, 0.1) is 10.7 Å². The number of carbonyl (C=O) groups is 2. The molecule has 1 aliphatic heterocycles. The van der Waals surface area contributed by atoms with Crippen LogP contribution in [0.1, 0.15) is 34.6 Å². The number of piperidine rings is 1. The predicted molar refractivity (Wildman–Crippen MR) is 88.6 cm³/mol. The van der Waals surface area contributed by atoms with Gasteiger partial charge in [0.2, 0.25) is 0 Å². The number of hydrogen-bond acceptors (Lipinski definition) is 4. The van der Waals surface area contributed by atoms with Crippen LogP contribution in [0.15, 0.2) is 29.6 Å². The molecule has 23 heavy (non-hydrogen) atoms. The van der Waals surface area contributed by atoms with Crippen molar-refractivity contribution in [1.29, 1.82) is 0 Å². The zero-order chi connectivity index (χ0) is 16.4. The van der Waals surface area contributed by atoms with Crippen molar-refractivity contribution in [3.05, 3.63) is 40.2 Å². The summed E-state index contributed by atoms with van der Waals surface area (Å²) in [6.07, 6.45) is 2.23. The average molecular weight is 330 g/mol. The van der Waals surface area contributed by atoms with Crippen molar-refractivity contribution < 1.29 is 14.7 Å². The molecular formula is C17H18N2O3S. The number of amides is 1. The third-order valence-corrected chi connectivity index (χ3v) is 4.87. The molecule has 1 saturated heterocycles. The number of carboxylic acid groups (broad SMARTS) is 1. The van der Waals surface area contributed by atoms with E-state index in [9.17, 15) is 14.7 Å². The van der Waals surface area contributed by atoms with Crippen molar-refractivity contribution in [1.82, 2.24) is 9.88 Å². The molecule has 1 aliphatic rings. The Morgan fingerprint density at radius 2 is 2.00 bits per heavy atom. The summed E-state index contributed by atoms with van der Waals surface area (Å²) in [6.45, 7) is 2.46. The highest BCUT2D eigenvalue weighted by atomic mass is 32.1. The first-order valence-electron chi connectivity index (χ1n) is 7.62. The van der Waals surface area contributed by atoms with E-state index >= 15 is 0 Å². The molecule has 2 aromatic rings. The highest BCUT2D eigenvalue weighted by Crippen LogP contribution is 2.24. The highest BCUT2D eigenvalue weighted by molar-refractivity contribution is 7.09. The van der Waals surface area contributed by atoms with Crippen LogP contribution in [0, 0.1) is 6.92 Å². The molecule has 1 aromatic heterocycles. The molecule has 6 heteroatoms. The van der Waals surface area contributed by atoms with Crippen LogP contribution in [0.25, 0.3) is 11.3 Å². The minimum Gasteiger partial charge on any atom is -0.480 e. The van der Waals surface area contributed by atoms with Gasteiger partial charge in [-0.3, -0.25) is 4.79 Å². The molecule has 0 aliphatic carbocycles. The fourth-order valence-electron chi connectivity index (χ4n) is 2.88. The second-order valence-corrected chi connectivity index (χ2v) is 6.74. The smallest absolute Gasteiger partial charge is 0.326 e. The minimum absolute atomic E-state index is 0.210. The van der Waals surface area contributed by atoms with E-state index in [4.69, 9.17) is 0 Å². The van der Waals surface area contributed by atoms with Gasteiger partial charge in [0.25, 0.3) is 5.91 Å². The molecule has 1 aromatic carbocycles. The van der Waals surface area contributed by atoms with Crippen molar-refractivity contribution in [2.24, 2.45) is 0 Å². The van der Waals surface area contributed by atoms with Gasteiger partial charge in [-0.05, 0) is 38.3 Å². The molecule has 120 valence electrons. The summed E-state index contributed by atoms with van der Waals surface area (Å²) >= 11 is 1.58. The standard InChI is InChI=1S/C17H18N2O3S/c1-11-18-14(10-23-11)12-5-7-13(8-6-12)16(20)19-9-3-2-4-15(19)17(21)22/h5-8,10,15H,2-4,9H2,1H3,(H,21,22).